The highest BCUT2D eigenvalue weighted by atomic mass is 35.5. The Morgan fingerprint density at radius 3 is 2.86 bits per heavy atom. The summed E-state index contributed by atoms with van der Waals surface area (Å²) in [7, 11) is 1.47. The standard InChI is InChI=1S/C9H6ClFN2O/c1-13-9(14)7-4-5(11)2-3-6(7)8(10)12-13/h2-4H,1H3. The van der Waals surface area contributed by atoms with Crippen molar-refractivity contribution >= 4 is 22.4 Å². The normalized spacial score (nSPS) is 10.8. The van der Waals surface area contributed by atoms with Gasteiger partial charge in [-0.2, -0.15) is 5.10 Å². The molecule has 2 aromatic rings. The van der Waals surface area contributed by atoms with E-state index in [0.29, 0.717) is 5.39 Å². The second kappa shape index (κ2) is 3.06. The zero-order valence-electron chi connectivity index (χ0n) is 7.29. The summed E-state index contributed by atoms with van der Waals surface area (Å²) in [6.45, 7) is 0. The zero-order valence-corrected chi connectivity index (χ0v) is 8.05. The Morgan fingerprint density at radius 2 is 2.14 bits per heavy atom. The van der Waals surface area contributed by atoms with Crippen LogP contribution in [0.25, 0.3) is 10.8 Å². The second-order valence-electron chi connectivity index (χ2n) is 2.91. The molecular formula is C9H6ClFN2O. The van der Waals surface area contributed by atoms with Crippen molar-refractivity contribution in [3.05, 3.63) is 39.5 Å². The average molecular weight is 213 g/mol. The van der Waals surface area contributed by atoms with E-state index in [0.717, 1.165) is 10.7 Å². The molecule has 72 valence electrons. The van der Waals surface area contributed by atoms with Crippen molar-refractivity contribution in [3.8, 4) is 0 Å². The van der Waals surface area contributed by atoms with Gasteiger partial charge < -0.3 is 0 Å². The maximum Gasteiger partial charge on any atom is 0.274 e. The molecule has 0 unspecified atom stereocenters. The molecule has 1 aromatic carbocycles. The van der Waals surface area contributed by atoms with Crippen LogP contribution in [0.2, 0.25) is 5.15 Å². The predicted molar refractivity (Wildman–Crippen MR) is 52.0 cm³/mol. The van der Waals surface area contributed by atoms with Gasteiger partial charge in [0.25, 0.3) is 5.56 Å². The molecule has 0 fully saturated rings. The first-order valence-corrected chi connectivity index (χ1v) is 4.29. The number of aromatic nitrogens is 2. The lowest BCUT2D eigenvalue weighted by atomic mass is 10.2. The molecule has 14 heavy (non-hydrogen) atoms. The number of nitrogens with zero attached hydrogens (tertiary/aromatic N) is 2. The van der Waals surface area contributed by atoms with E-state index in [-0.39, 0.29) is 16.1 Å². The lowest BCUT2D eigenvalue weighted by Crippen LogP contribution is -2.19. The van der Waals surface area contributed by atoms with E-state index in [1.807, 2.05) is 0 Å². The number of benzene rings is 1. The summed E-state index contributed by atoms with van der Waals surface area (Å²) in [6.07, 6.45) is 0. The molecule has 0 aliphatic carbocycles. The van der Waals surface area contributed by atoms with Crippen molar-refractivity contribution in [3.63, 3.8) is 0 Å². The fourth-order valence-corrected chi connectivity index (χ4v) is 1.56. The van der Waals surface area contributed by atoms with Crippen LogP contribution in [0.15, 0.2) is 23.0 Å². The lowest BCUT2D eigenvalue weighted by Gasteiger charge is -2.02. The molecule has 0 N–H and O–H groups in total. The van der Waals surface area contributed by atoms with E-state index >= 15 is 0 Å². The Kier molecular flexibility index (Phi) is 2.00. The maximum absolute atomic E-state index is 12.9. The highest BCUT2D eigenvalue weighted by Gasteiger charge is 2.07. The molecule has 1 heterocycles. The molecule has 0 aliphatic heterocycles. The van der Waals surface area contributed by atoms with Gasteiger partial charge >= 0.3 is 0 Å². The van der Waals surface area contributed by atoms with Gasteiger partial charge in [-0.1, -0.05) is 11.6 Å². The summed E-state index contributed by atoms with van der Waals surface area (Å²) >= 11 is 5.79. The largest absolute Gasteiger partial charge is 0.274 e. The number of halogens is 2. The predicted octanol–water partition coefficient (Wildman–Crippen LogP) is 1.73. The van der Waals surface area contributed by atoms with Gasteiger partial charge in [-0.25, -0.2) is 9.07 Å². The quantitative estimate of drug-likeness (QED) is 0.667. The fourth-order valence-electron chi connectivity index (χ4n) is 1.28. The van der Waals surface area contributed by atoms with E-state index < -0.39 is 5.82 Å². The molecule has 5 heteroatoms. The summed E-state index contributed by atoms with van der Waals surface area (Å²) < 4.78 is 14.0. The van der Waals surface area contributed by atoms with E-state index in [2.05, 4.69) is 5.10 Å². The monoisotopic (exact) mass is 212 g/mol. The van der Waals surface area contributed by atoms with Crippen molar-refractivity contribution in [2.24, 2.45) is 7.05 Å². The topological polar surface area (TPSA) is 34.9 Å². The van der Waals surface area contributed by atoms with Gasteiger partial charge in [0.15, 0.2) is 5.15 Å². The summed E-state index contributed by atoms with van der Waals surface area (Å²) in [5, 5.41) is 4.69. The van der Waals surface area contributed by atoms with Crippen molar-refractivity contribution < 1.29 is 4.39 Å². The third kappa shape index (κ3) is 1.28. The SMILES string of the molecule is Cn1nc(Cl)c2ccc(F)cc2c1=O. The van der Waals surface area contributed by atoms with Crippen molar-refractivity contribution in [1.29, 1.82) is 0 Å². The minimum atomic E-state index is -0.461. The molecule has 2 rings (SSSR count). The number of rotatable bonds is 0. The summed E-state index contributed by atoms with van der Waals surface area (Å²) in [5.41, 5.74) is -0.357. The molecule has 0 atom stereocenters. The molecule has 0 amide bonds. The summed E-state index contributed by atoms with van der Waals surface area (Å²) in [5.74, 6) is -0.461. The molecule has 0 aliphatic rings. The first-order chi connectivity index (χ1) is 6.59. The molecule has 0 radical (unpaired) electrons. The number of aryl methyl sites for hydroxylation is 1. The van der Waals surface area contributed by atoms with Crippen LogP contribution in [-0.4, -0.2) is 9.78 Å². The maximum atomic E-state index is 12.9. The van der Waals surface area contributed by atoms with E-state index in [9.17, 15) is 9.18 Å². The molecule has 3 nitrogen and oxygen atoms in total. The first kappa shape index (κ1) is 9.15. The van der Waals surface area contributed by atoms with Crippen molar-refractivity contribution in [2.75, 3.05) is 0 Å². The van der Waals surface area contributed by atoms with E-state index in [4.69, 9.17) is 11.6 Å². The van der Waals surface area contributed by atoms with Crippen LogP contribution in [-0.2, 0) is 7.05 Å². The van der Waals surface area contributed by atoms with Crippen LogP contribution >= 0.6 is 11.6 Å². The highest BCUT2D eigenvalue weighted by Crippen LogP contribution is 2.18. The fraction of sp³-hybridized carbons (Fsp3) is 0.111. The van der Waals surface area contributed by atoms with Crippen molar-refractivity contribution in [1.82, 2.24) is 9.78 Å². The average Bonchev–Trinajstić information content (AvgIpc) is 2.14. The Hall–Kier alpha value is -1.42. The molecule has 0 saturated carbocycles. The minimum absolute atomic E-state index is 0.196. The van der Waals surface area contributed by atoms with Crippen LogP contribution in [0.5, 0.6) is 0 Å². The van der Waals surface area contributed by atoms with Crippen LogP contribution in [0.3, 0.4) is 0 Å². The molecule has 0 spiro atoms. The zero-order chi connectivity index (χ0) is 10.3. The third-order valence-corrected chi connectivity index (χ3v) is 2.25. The summed E-state index contributed by atoms with van der Waals surface area (Å²) in [4.78, 5) is 11.5. The van der Waals surface area contributed by atoms with Gasteiger partial charge in [0.2, 0.25) is 0 Å². The van der Waals surface area contributed by atoms with Gasteiger partial charge in [0, 0.05) is 12.4 Å². The van der Waals surface area contributed by atoms with Crippen LogP contribution in [0.1, 0.15) is 0 Å². The Morgan fingerprint density at radius 1 is 1.43 bits per heavy atom. The van der Waals surface area contributed by atoms with Crippen LogP contribution < -0.4 is 5.56 Å². The Labute approximate surface area is 83.7 Å². The Bertz CT molecular complexity index is 564. The molecule has 0 bridgehead atoms. The van der Waals surface area contributed by atoms with Gasteiger partial charge in [-0.3, -0.25) is 4.79 Å². The van der Waals surface area contributed by atoms with E-state index in [1.54, 1.807) is 0 Å². The number of hydrogen-bond donors (Lipinski definition) is 0. The van der Waals surface area contributed by atoms with Crippen LogP contribution in [0.4, 0.5) is 4.39 Å². The third-order valence-electron chi connectivity index (χ3n) is 1.97. The number of fused-ring (bicyclic) bond motifs is 1. The lowest BCUT2D eigenvalue weighted by molar-refractivity contribution is 0.628. The molecular weight excluding hydrogens is 207 g/mol. The Balaban J connectivity index is 3.03. The second-order valence-corrected chi connectivity index (χ2v) is 3.27. The number of hydrogen-bond acceptors (Lipinski definition) is 2. The first-order valence-electron chi connectivity index (χ1n) is 3.91. The molecule has 0 saturated heterocycles. The van der Waals surface area contributed by atoms with Gasteiger partial charge in [-0.05, 0) is 18.2 Å². The highest BCUT2D eigenvalue weighted by molar-refractivity contribution is 6.34. The van der Waals surface area contributed by atoms with Crippen LogP contribution in [0, 0.1) is 5.82 Å². The van der Waals surface area contributed by atoms with Gasteiger partial charge in [0.1, 0.15) is 5.82 Å². The van der Waals surface area contributed by atoms with Gasteiger partial charge in [-0.15, -0.1) is 0 Å². The van der Waals surface area contributed by atoms with E-state index in [1.165, 1.54) is 19.2 Å². The van der Waals surface area contributed by atoms with Gasteiger partial charge in [0.05, 0.1) is 5.39 Å². The molecule has 1 aromatic heterocycles. The minimum Gasteiger partial charge on any atom is -0.267 e. The van der Waals surface area contributed by atoms with Crippen molar-refractivity contribution in [2.45, 2.75) is 0 Å². The summed E-state index contributed by atoms with van der Waals surface area (Å²) in [6, 6.07) is 3.85. The smallest absolute Gasteiger partial charge is 0.267 e.